The van der Waals surface area contributed by atoms with E-state index >= 15 is 0 Å². The monoisotopic (exact) mass is 448 g/mol. The van der Waals surface area contributed by atoms with E-state index in [0.717, 1.165) is 18.2 Å². The van der Waals surface area contributed by atoms with Crippen LogP contribution in [0.2, 0.25) is 0 Å². The SMILES string of the molecule is CCOC(=O)c1cnn(-c2cccc(-c3cc(C(F)(F)F)cnc3F)n2)c1C(F)(F)F. The van der Waals surface area contributed by atoms with E-state index in [1.807, 2.05) is 0 Å². The molecule has 0 aliphatic carbocycles. The highest BCUT2D eigenvalue weighted by Gasteiger charge is 2.41. The summed E-state index contributed by atoms with van der Waals surface area (Å²) in [5.74, 6) is -3.09. The van der Waals surface area contributed by atoms with Crippen molar-refractivity contribution in [1.82, 2.24) is 19.7 Å². The number of esters is 1. The molecule has 0 fully saturated rings. The summed E-state index contributed by atoms with van der Waals surface area (Å²) in [5.41, 5.74) is -4.75. The molecule has 0 atom stereocenters. The number of carbonyl (C=O) groups excluding carboxylic acids is 1. The van der Waals surface area contributed by atoms with E-state index in [0.29, 0.717) is 12.3 Å². The molecule has 3 aromatic heterocycles. The molecule has 6 nitrogen and oxygen atoms in total. The highest BCUT2D eigenvalue weighted by Crippen LogP contribution is 2.35. The molecule has 0 radical (unpaired) electrons. The number of aromatic nitrogens is 4. The van der Waals surface area contributed by atoms with Gasteiger partial charge in [0.05, 0.1) is 29.6 Å². The van der Waals surface area contributed by atoms with Crippen molar-refractivity contribution in [1.29, 1.82) is 0 Å². The fraction of sp³-hybridized carbons (Fsp3) is 0.222. The number of carbonyl (C=O) groups is 1. The van der Waals surface area contributed by atoms with Crippen LogP contribution in [0.4, 0.5) is 30.7 Å². The molecule has 3 rings (SSSR count). The number of rotatable bonds is 4. The van der Waals surface area contributed by atoms with Crippen LogP contribution >= 0.6 is 0 Å². The van der Waals surface area contributed by atoms with E-state index in [1.165, 1.54) is 6.92 Å². The van der Waals surface area contributed by atoms with Gasteiger partial charge in [-0.2, -0.15) is 35.8 Å². The molecule has 164 valence electrons. The summed E-state index contributed by atoms with van der Waals surface area (Å²) in [6.07, 6.45) is -8.97. The predicted octanol–water partition coefficient (Wildman–Crippen LogP) is 4.68. The van der Waals surface area contributed by atoms with E-state index in [2.05, 4.69) is 19.8 Å². The molecule has 0 N–H and O–H groups in total. The van der Waals surface area contributed by atoms with Crippen molar-refractivity contribution in [3.8, 4) is 17.1 Å². The average Bonchev–Trinajstić information content (AvgIpc) is 3.13. The zero-order chi connectivity index (χ0) is 23.0. The Morgan fingerprint density at radius 2 is 1.81 bits per heavy atom. The summed E-state index contributed by atoms with van der Waals surface area (Å²) < 4.78 is 98.5. The maximum absolute atomic E-state index is 14.1. The molecule has 0 amide bonds. The fourth-order valence-electron chi connectivity index (χ4n) is 2.63. The maximum Gasteiger partial charge on any atom is 0.434 e. The molecule has 31 heavy (non-hydrogen) atoms. The molecule has 3 heterocycles. The van der Waals surface area contributed by atoms with Crippen LogP contribution in [0.1, 0.15) is 28.5 Å². The zero-order valence-electron chi connectivity index (χ0n) is 15.4. The van der Waals surface area contributed by atoms with Crippen molar-refractivity contribution in [2.24, 2.45) is 0 Å². The molecular weight excluding hydrogens is 437 g/mol. The lowest BCUT2D eigenvalue weighted by molar-refractivity contribution is -0.143. The molecule has 0 aliphatic rings. The number of pyridine rings is 2. The van der Waals surface area contributed by atoms with Gasteiger partial charge >= 0.3 is 18.3 Å². The lowest BCUT2D eigenvalue weighted by atomic mass is 10.1. The van der Waals surface area contributed by atoms with Crippen LogP contribution in [0.5, 0.6) is 0 Å². The highest BCUT2D eigenvalue weighted by atomic mass is 19.4. The minimum Gasteiger partial charge on any atom is -0.462 e. The van der Waals surface area contributed by atoms with Crippen LogP contribution in [-0.2, 0) is 17.1 Å². The van der Waals surface area contributed by atoms with Gasteiger partial charge in [-0.3, -0.25) is 0 Å². The van der Waals surface area contributed by atoms with Crippen molar-refractivity contribution in [2.75, 3.05) is 6.61 Å². The van der Waals surface area contributed by atoms with Gasteiger partial charge in [-0.15, -0.1) is 0 Å². The van der Waals surface area contributed by atoms with E-state index in [9.17, 15) is 35.5 Å². The van der Waals surface area contributed by atoms with Crippen LogP contribution in [0.25, 0.3) is 17.1 Å². The Hall–Kier alpha value is -3.51. The first-order valence-electron chi connectivity index (χ1n) is 8.46. The Morgan fingerprint density at radius 3 is 2.42 bits per heavy atom. The molecule has 3 aromatic rings. The third-order valence-electron chi connectivity index (χ3n) is 3.93. The van der Waals surface area contributed by atoms with Gasteiger partial charge in [0.25, 0.3) is 0 Å². The largest absolute Gasteiger partial charge is 0.462 e. The van der Waals surface area contributed by atoms with Gasteiger partial charge in [-0.05, 0) is 25.1 Å². The van der Waals surface area contributed by atoms with Gasteiger partial charge in [0, 0.05) is 6.20 Å². The second-order valence-electron chi connectivity index (χ2n) is 5.98. The first-order chi connectivity index (χ1) is 14.4. The number of ether oxygens (including phenoxy) is 1. The second kappa shape index (κ2) is 7.96. The van der Waals surface area contributed by atoms with Gasteiger partial charge in [0.1, 0.15) is 5.56 Å². The van der Waals surface area contributed by atoms with Crippen LogP contribution in [0.15, 0.2) is 36.7 Å². The quantitative estimate of drug-likeness (QED) is 0.329. The van der Waals surface area contributed by atoms with Crippen molar-refractivity contribution in [3.05, 3.63) is 59.4 Å². The standard InChI is InChI=1S/C18H11F7N4O2/c1-2-31-16(30)11-8-27-29(14(11)18(23,24)25)13-5-3-4-12(28-13)10-6-9(17(20,21)22)7-26-15(10)19/h3-8H,2H2,1H3. The second-order valence-corrected chi connectivity index (χ2v) is 5.98. The van der Waals surface area contributed by atoms with Crippen molar-refractivity contribution >= 4 is 5.97 Å². The highest BCUT2D eigenvalue weighted by molar-refractivity contribution is 5.90. The fourth-order valence-corrected chi connectivity index (χ4v) is 2.63. The minimum atomic E-state index is -5.06. The first kappa shape index (κ1) is 22.2. The Kier molecular flexibility index (Phi) is 5.70. The zero-order valence-corrected chi connectivity index (χ0v) is 15.4. The molecule has 0 aromatic carbocycles. The number of hydrogen-bond acceptors (Lipinski definition) is 5. The molecule has 0 saturated carbocycles. The summed E-state index contributed by atoms with van der Waals surface area (Å²) in [4.78, 5) is 18.7. The summed E-state index contributed by atoms with van der Waals surface area (Å²) in [5, 5.41) is 3.51. The Bertz CT molecular complexity index is 1120. The van der Waals surface area contributed by atoms with Crippen LogP contribution < -0.4 is 0 Å². The number of halogens is 7. The van der Waals surface area contributed by atoms with Gasteiger partial charge in [-0.25, -0.2) is 19.4 Å². The molecular formula is C18H11F7N4O2. The summed E-state index contributed by atoms with van der Waals surface area (Å²) >= 11 is 0. The smallest absolute Gasteiger partial charge is 0.434 e. The molecule has 0 spiro atoms. The Balaban J connectivity index is 2.15. The van der Waals surface area contributed by atoms with E-state index in [1.54, 1.807) is 0 Å². The number of alkyl halides is 6. The lowest BCUT2D eigenvalue weighted by Gasteiger charge is -2.13. The Labute approximate surface area is 169 Å². The van der Waals surface area contributed by atoms with Crippen molar-refractivity contribution in [3.63, 3.8) is 0 Å². The topological polar surface area (TPSA) is 69.9 Å². The molecule has 0 aliphatic heterocycles. The molecule has 0 bridgehead atoms. The van der Waals surface area contributed by atoms with E-state index in [4.69, 9.17) is 0 Å². The average molecular weight is 448 g/mol. The molecule has 13 heteroatoms. The van der Waals surface area contributed by atoms with Crippen LogP contribution in [0.3, 0.4) is 0 Å². The third kappa shape index (κ3) is 4.49. The lowest BCUT2D eigenvalue weighted by Crippen LogP contribution is -2.19. The predicted molar refractivity (Wildman–Crippen MR) is 90.5 cm³/mol. The van der Waals surface area contributed by atoms with E-state index in [-0.39, 0.29) is 17.5 Å². The first-order valence-corrected chi connectivity index (χ1v) is 8.46. The number of nitrogens with zero attached hydrogens (tertiary/aromatic N) is 4. The van der Waals surface area contributed by atoms with E-state index < -0.39 is 58.2 Å². The minimum absolute atomic E-state index is 0.184. The maximum atomic E-state index is 14.1. The van der Waals surface area contributed by atoms with Gasteiger partial charge in [-0.1, -0.05) is 6.07 Å². The van der Waals surface area contributed by atoms with Gasteiger partial charge in [0.15, 0.2) is 11.5 Å². The van der Waals surface area contributed by atoms with Crippen molar-refractivity contribution < 1.29 is 40.3 Å². The number of hydrogen-bond donors (Lipinski definition) is 0. The normalized spacial score (nSPS) is 12.1. The summed E-state index contributed by atoms with van der Waals surface area (Å²) in [7, 11) is 0. The van der Waals surface area contributed by atoms with Crippen molar-refractivity contribution in [2.45, 2.75) is 19.3 Å². The van der Waals surface area contributed by atoms with Crippen LogP contribution in [-0.4, -0.2) is 32.3 Å². The van der Waals surface area contributed by atoms with Gasteiger partial charge in [0.2, 0.25) is 5.95 Å². The molecule has 0 unspecified atom stereocenters. The van der Waals surface area contributed by atoms with Gasteiger partial charge < -0.3 is 4.74 Å². The van der Waals surface area contributed by atoms with Crippen LogP contribution in [0, 0.1) is 5.95 Å². The third-order valence-corrected chi connectivity index (χ3v) is 3.93. The summed E-state index contributed by atoms with van der Waals surface area (Å²) in [6.45, 7) is 1.22. The summed E-state index contributed by atoms with van der Waals surface area (Å²) in [6, 6.07) is 3.72. The molecule has 0 saturated heterocycles. The Morgan fingerprint density at radius 1 is 1.10 bits per heavy atom.